The van der Waals surface area contributed by atoms with Gasteiger partial charge in [-0.15, -0.1) is 0 Å². The Morgan fingerprint density at radius 2 is 2.10 bits per heavy atom. The van der Waals surface area contributed by atoms with Crippen LogP contribution < -0.4 is 10.6 Å². The number of hydrogen-bond acceptors (Lipinski definition) is 3. The molecule has 1 amide bonds. The molecular weight excluding hydrogens is 419 g/mol. The second kappa shape index (κ2) is 8.26. The first-order chi connectivity index (χ1) is 14.6. The van der Waals surface area contributed by atoms with Crippen molar-refractivity contribution < 1.29 is 9.53 Å². The van der Waals surface area contributed by atoms with Gasteiger partial charge in [-0.25, -0.2) is 0 Å². The van der Waals surface area contributed by atoms with Crippen molar-refractivity contribution in [3.8, 4) is 0 Å². The van der Waals surface area contributed by atoms with Gasteiger partial charge in [0.15, 0.2) is 0 Å². The van der Waals surface area contributed by atoms with Crippen molar-refractivity contribution in [1.82, 2.24) is 5.32 Å². The molecule has 2 heterocycles. The van der Waals surface area contributed by atoms with Gasteiger partial charge in [-0.3, -0.25) is 4.79 Å². The van der Waals surface area contributed by atoms with E-state index in [1.807, 2.05) is 24.3 Å². The molecule has 4 nitrogen and oxygen atoms in total. The molecule has 1 fully saturated rings. The summed E-state index contributed by atoms with van der Waals surface area (Å²) >= 11 is 12.7. The third kappa shape index (κ3) is 3.62. The average molecular weight is 443 g/mol. The third-order valence-electron chi connectivity index (χ3n) is 6.45. The molecular formula is C24H24Cl2N2O2. The summed E-state index contributed by atoms with van der Waals surface area (Å²) < 4.78 is 5.64. The quantitative estimate of drug-likeness (QED) is 0.594. The summed E-state index contributed by atoms with van der Waals surface area (Å²) in [5, 5.41) is 7.99. The van der Waals surface area contributed by atoms with Crippen LogP contribution in [0.2, 0.25) is 10.0 Å². The van der Waals surface area contributed by atoms with Crippen molar-refractivity contribution in [2.24, 2.45) is 5.92 Å². The Bertz CT molecular complexity index is 1000. The number of carbonyl (C=O) groups is 1. The SMILES string of the molecule is O=C(NCC1CCCO1)c1cccc2c1NC(c1ccc(Cl)cc1Cl)C1CC=CC21. The predicted molar refractivity (Wildman–Crippen MR) is 121 cm³/mol. The van der Waals surface area contributed by atoms with E-state index >= 15 is 0 Å². The summed E-state index contributed by atoms with van der Waals surface area (Å²) in [6, 6.07) is 11.6. The maximum Gasteiger partial charge on any atom is 0.253 e. The number of amides is 1. The third-order valence-corrected chi connectivity index (χ3v) is 7.02. The van der Waals surface area contributed by atoms with Crippen molar-refractivity contribution in [3.63, 3.8) is 0 Å². The summed E-state index contributed by atoms with van der Waals surface area (Å²) in [5.74, 6) is 0.529. The number of nitrogens with one attached hydrogen (secondary N) is 2. The van der Waals surface area contributed by atoms with E-state index in [-0.39, 0.29) is 24.0 Å². The number of hydrogen-bond donors (Lipinski definition) is 2. The highest BCUT2D eigenvalue weighted by Crippen LogP contribution is 2.51. The topological polar surface area (TPSA) is 50.4 Å². The van der Waals surface area contributed by atoms with Gasteiger partial charge < -0.3 is 15.4 Å². The lowest BCUT2D eigenvalue weighted by Gasteiger charge is -2.38. The minimum atomic E-state index is -0.0729. The average Bonchev–Trinajstić information content (AvgIpc) is 3.43. The lowest BCUT2D eigenvalue weighted by Crippen LogP contribution is -2.34. The molecule has 0 radical (unpaired) electrons. The minimum Gasteiger partial charge on any atom is -0.377 e. The smallest absolute Gasteiger partial charge is 0.253 e. The number of para-hydroxylation sites is 1. The van der Waals surface area contributed by atoms with E-state index in [0.717, 1.165) is 37.1 Å². The molecule has 0 spiro atoms. The zero-order chi connectivity index (χ0) is 20.7. The molecule has 2 aromatic carbocycles. The van der Waals surface area contributed by atoms with Crippen LogP contribution in [0.25, 0.3) is 0 Å². The normalized spacial score (nSPS) is 26.7. The zero-order valence-corrected chi connectivity index (χ0v) is 18.0. The standard InChI is InChI=1S/C24H24Cl2N2O2/c25-14-9-10-19(21(26)12-14)22-17-6-1-5-16(17)18-7-2-8-20(23(18)28-22)24(29)27-13-15-4-3-11-30-15/h1-2,5,7-10,12,15-17,22,28H,3-4,6,11,13H2,(H,27,29). The predicted octanol–water partition coefficient (Wildman–Crippen LogP) is 5.73. The Morgan fingerprint density at radius 1 is 1.20 bits per heavy atom. The first-order valence-corrected chi connectivity index (χ1v) is 11.3. The van der Waals surface area contributed by atoms with E-state index in [2.05, 4.69) is 28.9 Å². The molecule has 156 valence electrons. The monoisotopic (exact) mass is 442 g/mol. The molecule has 5 rings (SSSR count). The van der Waals surface area contributed by atoms with Gasteiger partial charge in [0.25, 0.3) is 5.91 Å². The van der Waals surface area contributed by atoms with Crippen LogP contribution in [0.15, 0.2) is 48.6 Å². The van der Waals surface area contributed by atoms with Crippen LogP contribution in [0, 0.1) is 5.92 Å². The van der Waals surface area contributed by atoms with Crippen LogP contribution in [0.3, 0.4) is 0 Å². The summed E-state index contributed by atoms with van der Waals surface area (Å²) in [5.41, 5.74) is 3.74. The van der Waals surface area contributed by atoms with Gasteiger partial charge >= 0.3 is 0 Å². The first kappa shape index (κ1) is 19.9. The number of fused-ring (bicyclic) bond motifs is 3. The number of benzene rings is 2. The van der Waals surface area contributed by atoms with Gasteiger partial charge in [-0.05, 0) is 54.5 Å². The van der Waals surface area contributed by atoms with Gasteiger partial charge in [-0.2, -0.15) is 0 Å². The highest BCUT2D eigenvalue weighted by Gasteiger charge is 2.40. The molecule has 1 aliphatic carbocycles. The summed E-state index contributed by atoms with van der Waals surface area (Å²) in [7, 11) is 0. The number of halogens is 2. The Kier molecular flexibility index (Phi) is 5.48. The van der Waals surface area contributed by atoms with Gasteiger partial charge in [-0.1, -0.05) is 53.6 Å². The zero-order valence-electron chi connectivity index (χ0n) is 16.5. The van der Waals surface area contributed by atoms with Crippen molar-refractivity contribution in [1.29, 1.82) is 0 Å². The summed E-state index contributed by atoms with van der Waals surface area (Å²) in [6.07, 6.45) is 7.63. The van der Waals surface area contributed by atoms with Crippen LogP contribution in [-0.2, 0) is 4.74 Å². The molecule has 4 unspecified atom stereocenters. The largest absolute Gasteiger partial charge is 0.377 e. The second-order valence-electron chi connectivity index (χ2n) is 8.26. The maximum atomic E-state index is 13.1. The highest BCUT2D eigenvalue weighted by atomic mass is 35.5. The molecule has 30 heavy (non-hydrogen) atoms. The minimum absolute atomic E-state index is 0.00869. The van der Waals surface area contributed by atoms with Crippen molar-refractivity contribution in [2.75, 3.05) is 18.5 Å². The van der Waals surface area contributed by atoms with Crippen LogP contribution in [0.4, 0.5) is 5.69 Å². The number of ether oxygens (including phenoxy) is 1. The number of carbonyl (C=O) groups excluding carboxylic acids is 1. The van der Waals surface area contributed by atoms with E-state index in [1.165, 1.54) is 5.56 Å². The lowest BCUT2D eigenvalue weighted by atomic mass is 9.76. The second-order valence-corrected chi connectivity index (χ2v) is 9.10. The van der Waals surface area contributed by atoms with E-state index in [4.69, 9.17) is 27.9 Å². The van der Waals surface area contributed by atoms with Crippen molar-refractivity contribution >= 4 is 34.8 Å². The van der Waals surface area contributed by atoms with Crippen LogP contribution >= 0.6 is 23.2 Å². The fourth-order valence-corrected chi connectivity index (χ4v) is 5.51. The van der Waals surface area contributed by atoms with E-state index < -0.39 is 0 Å². The van der Waals surface area contributed by atoms with Gasteiger partial charge in [0.2, 0.25) is 0 Å². The van der Waals surface area contributed by atoms with E-state index in [0.29, 0.717) is 28.1 Å². The van der Waals surface area contributed by atoms with Crippen LogP contribution in [0.1, 0.15) is 52.7 Å². The van der Waals surface area contributed by atoms with Gasteiger partial charge in [0, 0.05) is 29.1 Å². The molecule has 4 atom stereocenters. The van der Waals surface area contributed by atoms with Crippen molar-refractivity contribution in [2.45, 2.75) is 37.3 Å². The van der Waals surface area contributed by atoms with Crippen LogP contribution in [0.5, 0.6) is 0 Å². The molecule has 0 aromatic heterocycles. The van der Waals surface area contributed by atoms with Gasteiger partial charge in [0.1, 0.15) is 0 Å². The molecule has 0 bridgehead atoms. The van der Waals surface area contributed by atoms with E-state index in [1.54, 1.807) is 6.07 Å². The molecule has 2 N–H and O–H groups in total. The number of anilines is 1. The molecule has 1 saturated heterocycles. The molecule has 2 aromatic rings. The fraction of sp³-hybridized carbons (Fsp3) is 0.375. The Hall–Kier alpha value is -2.01. The van der Waals surface area contributed by atoms with Gasteiger partial charge in [0.05, 0.1) is 23.4 Å². The van der Waals surface area contributed by atoms with E-state index in [9.17, 15) is 4.79 Å². The lowest BCUT2D eigenvalue weighted by molar-refractivity contribution is 0.0858. The fourth-order valence-electron chi connectivity index (χ4n) is 4.98. The van der Waals surface area contributed by atoms with Crippen molar-refractivity contribution in [3.05, 3.63) is 75.3 Å². The Morgan fingerprint density at radius 3 is 2.90 bits per heavy atom. The Balaban J connectivity index is 1.47. The number of allylic oxidation sites excluding steroid dienone is 2. The highest BCUT2D eigenvalue weighted by molar-refractivity contribution is 6.35. The Labute approximate surface area is 186 Å². The molecule has 2 aliphatic heterocycles. The molecule has 6 heteroatoms. The first-order valence-electron chi connectivity index (χ1n) is 10.5. The number of rotatable bonds is 4. The summed E-state index contributed by atoms with van der Waals surface area (Å²) in [6.45, 7) is 1.32. The summed E-state index contributed by atoms with van der Waals surface area (Å²) in [4.78, 5) is 13.1. The molecule has 3 aliphatic rings. The maximum absolute atomic E-state index is 13.1. The van der Waals surface area contributed by atoms with Crippen LogP contribution in [-0.4, -0.2) is 25.2 Å². The molecule has 0 saturated carbocycles.